The number of rotatable bonds is 8. The lowest BCUT2D eigenvalue weighted by molar-refractivity contribution is -0.145. The molecule has 0 saturated carbocycles. The van der Waals surface area contributed by atoms with Crippen LogP contribution >= 0.6 is 0 Å². The zero-order valence-corrected chi connectivity index (χ0v) is 15.3. The van der Waals surface area contributed by atoms with E-state index in [4.69, 9.17) is 9.47 Å². The molecule has 0 amide bonds. The Bertz CT molecular complexity index is 852. The maximum absolute atomic E-state index is 13.4. The highest BCUT2D eigenvalue weighted by molar-refractivity contribution is 7.89. The van der Waals surface area contributed by atoms with Gasteiger partial charge in [0.05, 0.1) is 4.90 Å². The van der Waals surface area contributed by atoms with Gasteiger partial charge in [0.1, 0.15) is 19.3 Å². The first-order valence-electron chi connectivity index (χ1n) is 7.92. The molecule has 26 heavy (non-hydrogen) atoms. The average Bonchev–Trinajstić information content (AvgIpc) is 2.60. The number of carbonyl (C=O) groups is 1. The second kappa shape index (κ2) is 8.77. The molecule has 2 rings (SSSR count). The Hall–Kier alpha value is -2.45. The zero-order chi connectivity index (χ0) is 19.2. The van der Waals surface area contributed by atoms with Crippen LogP contribution in [0.5, 0.6) is 5.75 Å². The van der Waals surface area contributed by atoms with Crippen LogP contribution in [-0.2, 0) is 19.6 Å². The summed E-state index contributed by atoms with van der Waals surface area (Å²) in [5.41, 5.74) is 0.922. The van der Waals surface area contributed by atoms with Crippen LogP contribution in [0.25, 0.3) is 0 Å². The third-order valence-corrected chi connectivity index (χ3v) is 5.00. The molecule has 0 fully saturated rings. The quantitative estimate of drug-likeness (QED) is 0.561. The number of carbonyl (C=O) groups excluding carboxylic acids is 1. The largest absolute Gasteiger partial charge is 0.487 e. The molecule has 0 heterocycles. The molecule has 140 valence electrons. The Morgan fingerprint density at radius 1 is 1.12 bits per heavy atom. The molecule has 1 atom stereocenters. The number of aryl methyl sites for hydroxylation is 1. The smallest absolute Gasteiger partial charge is 0.324 e. The highest BCUT2D eigenvalue weighted by Gasteiger charge is 2.23. The summed E-state index contributed by atoms with van der Waals surface area (Å²) < 4.78 is 50.2. The summed E-state index contributed by atoms with van der Waals surface area (Å²) in [5, 5.41) is 0. The Labute approximate surface area is 152 Å². The topological polar surface area (TPSA) is 81.7 Å². The molecule has 2 aromatic carbocycles. The van der Waals surface area contributed by atoms with Crippen LogP contribution < -0.4 is 9.46 Å². The van der Waals surface area contributed by atoms with E-state index in [0.717, 1.165) is 5.56 Å². The van der Waals surface area contributed by atoms with Gasteiger partial charge < -0.3 is 9.47 Å². The summed E-state index contributed by atoms with van der Waals surface area (Å²) in [6.45, 7) is 3.03. The van der Waals surface area contributed by atoms with Gasteiger partial charge in [0.15, 0.2) is 11.6 Å². The standard InChI is InChI=1S/C18H20FNO5S/c1-13-7-9-15(10-8-13)26(22,23)20-14(2)18(21)25-12-11-24-17-6-4-3-5-16(17)19/h3-10,14,20H,11-12H2,1-2H3/t14-/m0/s1. The lowest BCUT2D eigenvalue weighted by atomic mass is 10.2. The van der Waals surface area contributed by atoms with Gasteiger partial charge in [0.25, 0.3) is 0 Å². The first-order valence-corrected chi connectivity index (χ1v) is 9.41. The number of ether oxygens (including phenoxy) is 2. The van der Waals surface area contributed by atoms with Gasteiger partial charge in [0.2, 0.25) is 10.0 Å². The SMILES string of the molecule is Cc1ccc(S(=O)(=O)N[C@@H](C)C(=O)OCCOc2ccccc2F)cc1. The van der Waals surface area contributed by atoms with Crippen LogP contribution in [0.2, 0.25) is 0 Å². The van der Waals surface area contributed by atoms with E-state index in [0.29, 0.717) is 0 Å². The summed E-state index contributed by atoms with van der Waals surface area (Å²) in [6, 6.07) is 11.0. The predicted octanol–water partition coefficient (Wildman–Crippen LogP) is 2.42. The molecule has 6 nitrogen and oxygen atoms in total. The summed E-state index contributed by atoms with van der Waals surface area (Å²) >= 11 is 0. The van der Waals surface area contributed by atoms with Gasteiger partial charge in [-0.1, -0.05) is 29.8 Å². The van der Waals surface area contributed by atoms with E-state index in [1.165, 1.54) is 37.3 Å². The van der Waals surface area contributed by atoms with Crippen molar-refractivity contribution in [2.45, 2.75) is 24.8 Å². The lowest BCUT2D eigenvalue weighted by Crippen LogP contribution is -2.39. The molecule has 0 aliphatic rings. The predicted molar refractivity (Wildman–Crippen MR) is 93.8 cm³/mol. The first kappa shape index (κ1) is 19.9. The molecule has 0 radical (unpaired) electrons. The fourth-order valence-electron chi connectivity index (χ4n) is 2.05. The molecule has 0 unspecified atom stereocenters. The number of benzene rings is 2. The van der Waals surface area contributed by atoms with E-state index in [2.05, 4.69) is 4.72 Å². The van der Waals surface area contributed by atoms with Crippen molar-refractivity contribution in [3.8, 4) is 5.75 Å². The number of hydrogen-bond acceptors (Lipinski definition) is 5. The second-order valence-electron chi connectivity index (χ2n) is 5.60. The minimum atomic E-state index is -3.83. The second-order valence-corrected chi connectivity index (χ2v) is 7.32. The Morgan fingerprint density at radius 2 is 1.77 bits per heavy atom. The van der Waals surface area contributed by atoms with E-state index >= 15 is 0 Å². The van der Waals surface area contributed by atoms with Crippen molar-refractivity contribution < 1.29 is 27.1 Å². The van der Waals surface area contributed by atoms with Gasteiger partial charge in [-0.15, -0.1) is 0 Å². The van der Waals surface area contributed by atoms with Crippen molar-refractivity contribution in [1.82, 2.24) is 4.72 Å². The third-order valence-electron chi connectivity index (χ3n) is 3.44. The van der Waals surface area contributed by atoms with E-state index in [-0.39, 0.29) is 23.9 Å². The van der Waals surface area contributed by atoms with E-state index in [1.807, 2.05) is 6.92 Å². The lowest BCUT2D eigenvalue weighted by Gasteiger charge is -2.14. The molecule has 2 aromatic rings. The summed E-state index contributed by atoms with van der Waals surface area (Å²) in [4.78, 5) is 12.0. The van der Waals surface area contributed by atoms with Crippen LogP contribution in [-0.4, -0.2) is 33.6 Å². The summed E-state index contributed by atoms with van der Waals surface area (Å²) in [6.07, 6.45) is 0. The first-order chi connectivity index (χ1) is 12.3. The third kappa shape index (κ3) is 5.53. The van der Waals surface area contributed by atoms with Crippen LogP contribution in [0.3, 0.4) is 0 Å². The summed E-state index contributed by atoms with van der Waals surface area (Å²) in [5.74, 6) is -1.22. The number of nitrogens with one attached hydrogen (secondary N) is 1. The highest BCUT2D eigenvalue weighted by Crippen LogP contribution is 2.15. The molecule has 0 aliphatic heterocycles. The fourth-order valence-corrected chi connectivity index (χ4v) is 3.24. The molecule has 0 saturated heterocycles. The van der Waals surface area contributed by atoms with Crippen molar-refractivity contribution >= 4 is 16.0 Å². The Morgan fingerprint density at radius 3 is 2.42 bits per heavy atom. The van der Waals surface area contributed by atoms with Crippen LogP contribution in [0.4, 0.5) is 4.39 Å². The Balaban J connectivity index is 1.81. The number of hydrogen-bond donors (Lipinski definition) is 1. The van der Waals surface area contributed by atoms with Gasteiger partial charge in [-0.2, -0.15) is 4.72 Å². The normalized spacial score (nSPS) is 12.4. The van der Waals surface area contributed by atoms with E-state index < -0.39 is 27.9 Å². The molecular formula is C18H20FNO5S. The van der Waals surface area contributed by atoms with Crippen LogP contribution in [0, 0.1) is 12.7 Å². The average molecular weight is 381 g/mol. The van der Waals surface area contributed by atoms with E-state index in [9.17, 15) is 17.6 Å². The number of sulfonamides is 1. The summed E-state index contributed by atoms with van der Waals surface area (Å²) in [7, 11) is -3.83. The minimum absolute atomic E-state index is 0.0515. The van der Waals surface area contributed by atoms with Gasteiger partial charge in [-0.25, -0.2) is 12.8 Å². The minimum Gasteiger partial charge on any atom is -0.487 e. The number of para-hydroxylation sites is 1. The van der Waals surface area contributed by atoms with Crippen molar-refractivity contribution in [1.29, 1.82) is 0 Å². The molecule has 0 spiro atoms. The molecule has 1 N–H and O–H groups in total. The van der Waals surface area contributed by atoms with Gasteiger partial charge >= 0.3 is 5.97 Å². The van der Waals surface area contributed by atoms with Crippen molar-refractivity contribution in [3.63, 3.8) is 0 Å². The monoisotopic (exact) mass is 381 g/mol. The molecule has 0 aliphatic carbocycles. The molecule has 0 bridgehead atoms. The van der Waals surface area contributed by atoms with Crippen LogP contribution in [0.1, 0.15) is 12.5 Å². The fraction of sp³-hybridized carbons (Fsp3) is 0.278. The van der Waals surface area contributed by atoms with Crippen molar-refractivity contribution in [3.05, 3.63) is 59.9 Å². The van der Waals surface area contributed by atoms with Gasteiger partial charge in [-0.3, -0.25) is 4.79 Å². The van der Waals surface area contributed by atoms with Crippen molar-refractivity contribution in [2.75, 3.05) is 13.2 Å². The maximum atomic E-state index is 13.4. The van der Waals surface area contributed by atoms with E-state index in [1.54, 1.807) is 18.2 Å². The molecule has 0 aromatic heterocycles. The zero-order valence-electron chi connectivity index (χ0n) is 14.4. The highest BCUT2D eigenvalue weighted by atomic mass is 32.2. The molecular weight excluding hydrogens is 361 g/mol. The van der Waals surface area contributed by atoms with Gasteiger partial charge in [-0.05, 0) is 38.1 Å². The van der Waals surface area contributed by atoms with Crippen LogP contribution in [0.15, 0.2) is 53.4 Å². The Kier molecular flexibility index (Phi) is 6.70. The number of halogens is 1. The van der Waals surface area contributed by atoms with Gasteiger partial charge in [0, 0.05) is 0 Å². The van der Waals surface area contributed by atoms with Crippen molar-refractivity contribution in [2.24, 2.45) is 0 Å². The molecule has 8 heteroatoms. The maximum Gasteiger partial charge on any atom is 0.324 e. The number of esters is 1.